The van der Waals surface area contributed by atoms with Crippen LogP contribution in [0.3, 0.4) is 0 Å². The third kappa shape index (κ3) is 2.82. The van der Waals surface area contributed by atoms with Gasteiger partial charge < -0.3 is 4.90 Å². The Morgan fingerprint density at radius 1 is 1.22 bits per heavy atom. The Labute approximate surface area is 135 Å². The monoisotopic (exact) mass is 345 g/mol. The Kier molecular flexibility index (Phi) is 4.08. The zero-order valence-electron chi connectivity index (χ0n) is 13.1. The summed E-state index contributed by atoms with van der Waals surface area (Å²) in [4.78, 5) is 6.05. The van der Waals surface area contributed by atoms with Gasteiger partial charge >= 0.3 is 0 Å². The summed E-state index contributed by atoms with van der Waals surface area (Å²) in [6.45, 7) is 1.93. The third-order valence-electron chi connectivity index (χ3n) is 5.02. The number of rotatable bonds is 3. The van der Waals surface area contributed by atoms with Crippen LogP contribution in [0.25, 0.3) is 0 Å². The summed E-state index contributed by atoms with van der Waals surface area (Å²) in [6.07, 6.45) is 1.49. The van der Waals surface area contributed by atoms with Crippen LogP contribution in [0, 0.1) is 5.41 Å². The molecule has 8 heteroatoms. The van der Waals surface area contributed by atoms with Crippen molar-refractivity contribution in [1.82, 2.24) is 9.29 Å². The normalized spacial score (nSPS) is 28.4. The fourth-order valence-electron chi connectivity index (χ4n) is 3.52. The summed E-state index contributed by atoms with van der Waals surface area (Å²) in [7, 11) is -3.45. The van der Waals surface area contributed by atoms with Gasteiger partial charge in [0.15, 0.2) is 0 Å². The van der Waals surface area contributed by atoms with Crippen LogP contribution in [0.15, 0.2) is 24.4 Å². The highest BCUT2D eigenvalue weighted by Gasteiger charge is 2.60. The van der Waals surface area contributed by atoms with Crippen LogP contribution in [0.4, 0.5) is 14.6 Å². The number of pyridine rings is 1. The van der Waals surface area contributed by atoms with Crippen LogP contribution in [0.1, 0.15) is 19.8 Å². The van der Waals surface area contributed by atoms with E-state index in [9.17, 15) is 17.2 Å². The second kappa shape index (κ2) is 5.66. The van der Waals surface area contributed by atoms with E-state index >= 15 is 0 Å². The molecular weight excluding hydrogens is 324 g/mol. The predicted molar refractivity (Wildman–Crippen MR) is 84.1 cm³/mol. The minimum absolute atomic E-state index is 0.0569. The first-order valence-electron chi connectivity index (χ1n) is 7.81. The molecule has 0 radical (unpaired) electrons. The van der Waals surface area contributed by atoms with E-state index in [-0.39, 0.29) is 31.8 Å². The number of alkyl halides is 2. The number of nitrogens with zero attached hydrogens (tertiary/aromatic N) is 3. The summed E-state index contributed by atoms with van der Waals surface area (Å²) in [5.74, 6) is -2.26. The summed E-state index contributed by atoms with van der Waals surface area (Å²) in [6, 6.07) is 5.39. The minimum Gasteiger partial charge on any atom is -0.356 e. The number of halogens is 2. The van der Waals surface area contributed by atoms with Gasteiger partial charge in [-0.2, -0.15) is 0 Å². The van der Waals surface area contributed by atoms with Crippen molar-refractivity contribution in [2.75, 3.05) is 36.8 Å². The van der Waals surface area contributed by atoms with Gasteiger partial charge in [0.05, 0.1) is 11.2 Å². The van der Waals surface area contributed by atoms with Crippen molar-refractivity contribution in [1.29, 1.82) is 0 Å². The Bertz CT molecular complexity index is 669. The quantitative estimate of drug-likeness (QED) is 0.840. The van der Waals surface area contributed by atoms with Crippen LogP contribution >= 0.6 is 0 Å². The molecule has 0 aromatic carbocycles. The van der Waals surface area contributed by atoms with Gasteiger partial charge in [0, 0.05) is 38.8 Å². The molecule has 23 heavy (non-hydrogen) atoms. The van der Waals surface area contributed by atoms with Gasteiger partial charge in [-0.15, -0.1) is 0 Å². The highest BCUT2D eigenvalue weighted by molar-refractivity contribution is 7.89. The average molecular weight is 345 g/mol. The zero-order chi connectivity index (χ0) is 16.7. The van der Waals surface area contributed by atoms with Crippen molar-refractivity contribution in [2.24, 2.45) is 5.41 Å². The molecule has 0 unspecified atom stereocenters. The molecule has 3 heterocycles. The average Bonchev–Trinajstić information content (AvgIpc) is 2.97. The van der Waals surface area contributed by atoms with E-state index in [1.54, 1.807) is 25.3 Å². The molecule has 2 saturated heterocycles. The molecular formula is C15H21F2N3O2S. The van der Waals surface area contributed by atoms with Crippen LogP contribution < -0.4 is 4.90 Å². The van der Waals surface area contributed by atoms with Crippen LogP contribution in [-0.4, -0.2) is 55.6 Å². The van der Waals surface area contributed by atoms with Crippen molar-refractivity contribution < 1.29 is 17.2 Å². The van der Waals surface area contributed by atoms with E-state index in [1.165, 1.54) is 4.31 Å². The fraction of sp³-hybridized carbons (Fsp3) is 0.667. The Hall–Kier alpha value is -1.28. The molecule has 128 valence electrons. The van der Waals surface area contributed by atoms with E-state index in [2.05, 4.69) is 4.98 Å². The Morgan fingerprint density at radius 2 is 2.00 bits per heavy atom. The lowest BCUT2D eigenvalue weighted by Crippen LogP contribution is -2.58. The van der Waals surface area contributed by atoms with Crippen molar-refractivity contribution in [2.45, 2.75) is 25.7 Å². The van der Waals surface area contributed by atoms with Gasteiger partial charge in [-0.05, 0) is 25.5 Å². The third-order valence-corrected chi connectivity index (χ3v) is 6.84. The standard InChI is InChI=1S/C15H21F2N3O2S/c1-2-23(21,22)20-10-7-15(16,17)14(12-20)6-9-19(11-14)13-5-3-4-8-18-13/h3-5,8H,2,6-7,9-12H2,1H3/t14-/m0/s1. The molecule has 2 fully saturated rings. The maximum absolute atomic E-state index is 14.7. The lowest BCUT2D eigenvalue weighted by molar-refractivity contribution is -0.145. The second-order valence-electron chi connectivity index (χ2n) is 6.33. The minimum atomic E-state index is -3.45. The highest BCUT2D eigenvalue weighted by Crippen LogP contribution is 2.50. The first kappa shape index (κ1) is 16.6. The molecule has 3 rings (SSSR count). The van der Waals surface area contributed by atoms with Crippen LogP contribution in [0.5, 0.6) is 0 Å². The van der Waals surface area contributed by atoms with Crippen LogP contribution in [-0.2, 0) is 10.0 Å². The van der Waals surface area contributed by atoms with Crippen molar-refractivity contribution in [3.05, 3.63) is 24.4 Å². The van der Waals surface area contributed by atoms with Gasteiger partial charge in [0.25, 0.3) is 5.92 Å². The molecule has 5 nitrogen and oxygen atoms in total. The topological polar surface area (TPSA) is 53.5 Å². The van der Waals surface area contributed by atoms with Gasteiger partial charge in [-0.3, -0.25) is 0 Å². The van der Waals surface area contributed by atoms with E-state index in [0.29, 0.717) is 12.4 Å². The van der Waals surface area contributed by atoms with E-state index in [1.807, 2.05) is 11.0 Å². The summed E-state index contributed by atoms with van der Waals surface area (Å²) >= 11 is 0. The molecule has 0 bridgehead atoms. The molecule has 1 spiro atoms. The summed E-state index contributed by atoms with van der Waals surface area (Å²) in [5, 5.41) is 0. The summed E-state index contributed by atoms with van der Waals surface area (Å²) < 4.78 is 54.8. The lowest BCUT2D eigenvalue weighted by Gasteiger charge is -2.45. The number of piperidine rings is 1. The van der Waals surface area contributed by atoms with Crippen molar-refractivity contribution in [3.8, 4) is 0 Å². The second-order valence-corrected chi connectivity index (χ2v) is 8.59. The first-order valence-corrected chi connectivity index (χ1v) is 9.42. The molecule has 0 saturated carbocycles. The van der Waals surface area contributed by atoms with E-state index < -0.39 is 27.8 Å². The maximum Gasteiger partial charge on any atom is 0.257 e. The number of aromatic nitrogens is 1. The molecule has 2 aliphatic rings. The highest BCUT2D eigenvalue weighted by atomic mass is 32.2. The fourth-order valence-corrected chi connectivity index (χ4v) is 4.70. The number of anilines is 1. The smallest absolute Gasteiger partial charge is 0.257 e. The molecule has 1 aromatic rings. The van der Waals surface area contributed by atoms with Gasteiger partial charge in [-0.1, -0.05) is 6.07 Å². The molecule has 0 amide bonds. The van der Waals surface area contributed by atoms with Gasteiger partial charge in [0.2, 0.25) is 10.0 Å². The van der Waals surface area contributed by atoms with E-state index in [4.69, 9.17) is 0 Å². The Morgan fingerprint density at radius 3 is 2.65 bits per heavy atom. The first-order chi connectivity index (χ1) is 10.8. The molecule has 0 N–H and O–H groups in total. The zero-order valence-corrected chi connectivity index (χ0v) is 13.9. The number of hydrogen-bond donors (Lipinski definition) is 0. The van der Waals surface area contributed by atoms with Crippen molar-refractivity contribution in [3.63, 3.8) is 0 Å². The summed E-state index contributed by atoms with van der Waals surface area (Å²) in [5.41, 5.74) is -1.33. The van der Waals surface area contributed by atoms with Gasteiger partial charge in [0.1, 0.15) is 5.82 Å². The number of hydrogen-bond acceptors (Lipinski definition) is 4. The predicted octanol–water partition coefficient (Wildman–Crippen LogP) is 1.97. The maximum atomic E-state index is 14.7. The molecule has 2 aliphatic heterocycles. The molecule has 1 atom stereocenters. The lowest BCUT2D eigenvalue weighted by atomic mass is 9.76. The largest absolute Gasteiger partial charge is 0.356 e. The molecule has 0 aliphatic carbocycles. The Balaban J connectivity index is 1.86. The molecule has 1 aromatic heterocycles. The number of sulfonamides is 1. The SMILES string of the molecule is CCS(=O)(=O)N1CCC(F)(F)[C@]2(CCN(c3ccccn3)C2)C1. The van der Waals surface area contributed by atoms with Crippen LogP contribution in [0.2, 0.25) is 0 Å². The van der Waals surface area contributed by atoms with Crippen molar-refractivity contribution >= 4 is 15.8 Å². The van der Waals surface area contributed by atoms with Gasteiger partial charge in [-0.25, -0.2) is 26.5 Å². The van der Waals surface area contributed by atoms with E-state index in [0.717, 1.165) is 0 Å².